The summed E-state index contributed by atoms with van der Waals surface area (Å²) >= 11 is 0. The minimum Gasteiger partial charge on any atom is -0.396 e. The molecule has 0 fully saturated rings. The molecular formula is C19H40O9. The topological polar surface area (TPSA) is 113 Å². The third-order valence-electron chi connectivity index (χ3n) is 2.84. The summed E-state index contributed by atoms with van der Waals surface area (Å²) in [7, 11) is 0. The number of carbonyl (C=O) groups excluding carboxylic acids is 1. The van der Waals surface area contributed by atoms with Gasteiger partial charge in [0.2, 0.25) is 0 Å². The molecule has 2 N–H and O–H groups in total. The molecule has 0 spiro atoms. The van der Waals surface area contributed by atoms with E-state index in [1.807, 2.05) is 0 Å². The van der Waals surface area contributed by atoms with Crippen molar-refractivity contribution in [3.8, 4) is 0 Å². The SMILES string of the molecule is CC(C)(C)OOOC(=O)OOOC(C)(C)C.OCCCCCCCCCCO. The van der Waals surface area contributed by atoms with Crippen molar-refractivity contribution >= 4 is 6.16 Å². The number of carbonyl (C=O) groups is 1. The average Bonchev–Trinajstić information content (AvgIpc) is 2.55. The van der Waals surface area contributed by atoms with E-state index in [1.54, 1.807) is 41.5 Å². The molecule has 0 aliphatic rings. The lowest BCUT2D eigenvalue weighted by Gasteiger charge is -2.16. The van der Waals surface area contributed by atoms with Gasteiger partial charge in [0, 0.05) is 13.2 Å². The first-order valence-corrected chi connectivity index (χ1v) is 9.82. The zero-order chi connectivity index (χ0) is 21.9. The van der Waals surface area contributed by atoms with Crippen molar-refractivity contribution in [2.45, 2.75) is 104 Å². The van der Waals surface area contributed by atoms with Crippen LogP contribution in [0.1, 0.15) is 92.9 Å². The lowest BCUT2D eigenvalue weighted by molar-refractivity contribution is -0.552. The van der Waals surface area contributed by atoms with Gasteiger partial charge in [0.1, 0.15) is 0 Å². The second-order valence-electron chi connectivity index (χ2n) is 8.22. The Bertz CT molecular complexity index is 316. The molecule has 0 rings (SSSR count). The van der Waals surface area contributed by atoms with Gasteiger partial charge in [-0.25, -0.2) is 9.78 Å². The maximum absolute atomic E-state index is 10.8. The zero-order valence-electron chi connectivity index (χ0n) is 18.3. The molecule has 0 radical (unpaired) electrons. The van der Waals surface area contributed by atoms with Gasteiger partial charge in [0.05, 0.1) is 11.2 Å². The number of aliphatic hydroxyl groups is 2. The van der Waals surface area contributed by atoms with Gasteiger partial charge in [-0.1, -0.05) is 38.5 Å². The van der Waals surface area contributed by atoms with E-state index in [0.29, 0.717) is 13.2 Å². The fourth-order valence-corrected chi connectivity index (χ4v) is 1.59. The number of rotatable bonds is 13. The number of unbranched alkanes of at least 4 members (excludes halogenated alkanes) is 7. The Morgan fingerprint density at radius 2 is 0.893 bits per heavy atom. The lowest BCUT2D eigenvalue weighted by Crippen LogP contribution is -2.23. The largest absolute Gasteiger partial charge is 0.577 e. The molecule has 0 aliphatic carbocycles. The van der Waals surface area contributed by atoms with Crippen LogP contribution in [0.2, 0.25) is 0 Å². The van der Waals surface area contributed by atoms with E-state index in [-0.39, 0.29) is 0 Å². The maximum atomic E-state index is 10.8. The van der Waals surface area contributed by atoms with Gasteiger partial charge in [-0.05, 0) is 64.5 Å². The van der Waals surface area contributed by atoms with Gasteiger partial charge in [-0.2, -0.15) is 14.6 Å². The van der Waals surface area contributed by atoms with E-state index < -0.39 is 17.4 Å². The quantitative estimate of drug-likeness (QED) is 0.255. The molecule has 28 heavy (non-hydrogen) atoms. The fraction of sp³-hybridized carbons (Fsp3) is 0.947. The standard InChI is InChI=1S/C10H22O2.C9H18O7/c11-9-7-5-3-1-2-4-6-8-10-12;1-8(2,3)13-15-11-7(10)12-16-14-9(4,5)6/h11-12H,1-10H2;1-6H3. The summed E-state index contributed by atoms with van der Waals surface area (Å²) in [6, 6.07) is 0. The number of hydrogen-bond donors (Lipinski definition) is 2. The second-order valence-corrected chi connectivity index (χ2v) is 8.22. The molecule has 0 aromatic rings. The third-order valence-corrected chi connectivity index (χ3v) is 2.84. The first kappa shape index (κ1) is 29.2. The van der Waals surface area contributed by atoms with Crippen LogP contribution >= 0.6 is 0 Å². The molecule has 9 nitrogen and oxygen atoms in total. The third kappa shape index (κ3) is 29.8. The molecule has 0 bridgehead atoms. The summed E-state index contributed by atoms with van der Waals surface area (Å²) < 4.78 is 0. The summed E-state index contributed by atoms with van der Waals surface area (Å²) in [6.45, 7) is 10.9. The number of aliphatic hydroxyl groups excluding tert-OH is 2. The lowest BCUT2D eigenvalue weighted by atomic mass is 10.1. The molecule has 0 atom stereocenters. The Morgan fingerprint density at radius 1 is 0.607 bits per heavy atom. The molecule has 0 heterocycles. The van der Waals surface area contributed by atoms with Crippen LogP contribution in [0.15, 0.2) is 0 Å². The maximum Gasteiger partial charge on any atom is 0.577 e. The van der Waals surface area contributed by atoms with Crippen LogP contribution in [0.3, 0.4) is 0 Å². The van der Waals surface area contributed by atoms with Gasteiger partial charge >= 0.3 is 6.16 Å². The predicted octanol–water partition coefficient (Wildman–Crippen LogP) is 4.55. The first-order valence-electron chi connectivity index (χ1n) is 9.82. The summed E-state index contributed by atoms with van der Waals surface area (Å²) in [6.07, 6.45) is 8.06. The Kier molecular flexibility index (Phi) is 18.9. The van der Waals surface area contributed by atoms with E-state index in [2.05, 4.69) is 29.6 Å². The van der Waals surface area contributed by atoms with Gasteiger partial charge in [0.25, 0.3) is 0 Å². The Hall–Kier alpha value is -0.970. The van der Waals surface area contributed by atoms with E-state index in [4.69, 9.17) is 10.2 Å². The zero-order valence-corrected chi connectivity index (χ0v) is 18.3. The second kappa shape index (κ2) is 18.1. The van der Waals surface area contributed by atoms with Crippen molar-refractivity contribution in [2.75, 3.05) is 13.2 Å². The molecule has 0 aromatic carbocycles. The van der Waals surface area contributed by atoms with Crippen molar-refractivity contribution in [2.24, 2.45) is 0 Å². The normalized spacial score (nSPS) is 11.6. The molecule has 0 aliphatic heterocycles. The van der Waals surface area contributed by atoms with Crippen molar-refractivity contribution in [1.29, 1.82) is 0 Å². The van der Waals surface area contributed by atoms with Crippen LogP contribution in [-0.4, -0.2) is 40.8 Å². The van der Waals surface area contributed by atoms with Crippen LogP contribution in [0, 0.1) is 0 Å². The van der Waals surface area contributed by atoms with Gasteiger partial charge < -0.3 is 10.2 Å². The Labute approximate surface area is 168 Å². The van der Waals surface area contributed by atoms with E-state index in [1.165, 1.54) is 25.7 Å². The van der Waals surface area contributed by atoms with Crippen LogP contribution in [0.5, 0.6) is 0 Å². The fourth-order valence-electron chi connectivity index (χ4n) is 1.59. The van der Waals surface area contributed by atoms with Gasteiger partial charge in [-0.3, -0.25) is 0 Å². The molecule has 0 unspecified atom stereocenters. The highest BCUT2D eigenvalue weighted by Crippen LogP contribution is 2.09. The van der Waals surface area contributed by atoms with Crippen LogP contribution in [0.25, 0.3) is 0 Å². The monoisotopic (exact) mass is 412 g/mol. The minimum atomic E-state index is -1.24. The van der Waals surface area contributed by atoms with Crippen molar-refractivity contribution in [3.05, 3.63) is 0 Å². The predicted molar refractivity (Wildman–Crippen MR) is 103 cm³/mol. The van der Waals surface area contributed by atoms with Crippen molar-refractivity contribution < 1.29 is 44.6 Å². The molecular weight excluding hydrogens is 372 g/mol. The molecule has 170 valence electrons. The van der Waals surface area contributed by atoms with Gasteiger partial charge in [0.15, 0.2) is 0 Å². The highest BCUT2D eigenvalue weighted by Gasteiger charge is 2.17. The smallest absolute Gasteiger partial charge is 0.396 e. The van der Waals surface area contributed by atoms with Crippen molar-refractivity contribution in [3.63, 3.8) is 0 Å². The highest BCUT2D eigenvalue weighted by molar-refractivity contribution is 5.57. The van der Waals surface area contributed by atoms with E-state index >= 15 is 0 Å². The summed E-state index contributed by atoms with van der Waals surface area (Å²) in [5.74, 6) is 0. The molecule has 0 saturated heterocycles. The van der Waals surface area contributed by atoms with Crippen LogP contribution in [-0.2, 0) is 29.6 Å². The summed E-state index contributed by atoms with van der Waals surface area (Å²) in [4.78, 5) is 28.1. The van der Waals surface area contributed by atoms with Crippen molar-refractivity contribution in [1.82, 2.24) is 0 Å². The first-order chi connectivity index (χ1) is 13.0. The average molecular weight is 413 g/mol. The molecule has 0 saturated carbocycles. The summed E-state index contributed by atoms with van der Waals surface area (Å²) in [5.41, 5.74) is -1.22. The molecule has 0 amide bonds. The van der Waals surface area contributed by atoms with Crippen LogP contribution in [0.4, 0.5) is 4.79 Å². The minimum absolute atomic E-state index is 0.338. The number of hydrogen-bond acceptors (Lipinski definition) is 9. The Balaban J connectivity index is 0. The Morgan fingerprint density at radius 3 is 1.14 bits per heavy atom. The summed E-state index contributed by atoms with van der Waals surface area (Å²) in [5, 5.41) is 25.3. The molecule has 9 heteroatoms. The van der Waals surface area contributed by atoms with E-state index in [0.717, 1.165) is 25.7 Å². The van der Waals surface area contributed by atoms with Crippen LogP contribution < -0.4 is 0 Å². The van der Waals surface area contributed by atoms with Gasteiger partial charge in [-0.15, -0.1) is 0 Å². The molecule has 0 aromatic heterocycles. The highest BCUT2D eigenvalue weighted by atomic mass is 17.6. The van der Waals surface area contributed by atoms with E-state index in [9.17, 15) is 4.79 Å².